The summed E-state index contributed by atoms with van der Waals surface area (Å²) >= 11 is 13.7. The van der Waals surface area contributed by atoms with Crippen molar-refractivity contribution in [2.24, 2.45) is 0 Å². The number of para-hydroxylation sites is 1. The monoisotopic (exact) mass is 299 g/mol. The van der Waals surface area contributed by atoms with Crippen molar-refractivity contribution in [1.29, 1.82) is 0 Å². The van der Waals surface area contributed by atoms with Crippen LogP contribution in [0.25, 0.3) is 0 Å². The van der Waals surface area contributed by atoms with Crippen LogP contribution in [0.4, 0.5) is 0 Å². The van der Waals surface area contributed by atoms with Gasteiger partial charge in [-0.15, -0.1) is 11.8 Å². The summed E-state index contributed by atoms with van der Waals surface area (Å²) in [7, 11) is 0. The first-order valence-electron chi connectivity index (χ1n) is 5.30. The predicted molar refractivity (Wildman–Crippen MR) is 76.7 cm³/mol. The van der Waals surface area contributed by atoms with E-state index in [0.717, 1.165) is 16.2 Å². The van der Waals surface area contributed by atoms with Crippen LogP contribution in [-0.2, 0) is 5.75 Å². The average molecular weight is 300 g/mol. The van der Waals surface area contributed by atoms with Gasteiger partial charge in [-0.3, -0.25) is 0 Å². The van der Waals surface area contributed by atoms with Crippen LogP contribution in [0.5, 0.6) is 5.75 Å². The average Bonchev–Trinajstić information content (AvgIpc) is 2.30. The maximum absolute atomic E-state index is 9.67. The summed E-state index contributed by atoms with van der Waals surface area (Å²) in [6.45, 7) is 1.84. The summed E-state index contributed by atoms with van der Waals surface area (Å²) in [4.78, 5) is 4.97. The summed E-state index contributed by atoms with van der Waals surface area (Å²) in [5.41, 5.74) is 1.58. The third kappa shape index (κ3) is 3.10. The van der Waals surface area contributed by atoms with Crippen molar-refractivity contribution in [2.75, 3.05) is 0 Å². The Balaban J connectivity index is 2.19. The van der Waals surface area contributed by atoms with Crippen molar-refractivity contribution < 1.29 is 5.11 Å². The fraction of sp³-hybridized carbons (Fsp3) is 0.154. The van der Waals surface area contributed by atoms with Crippen LogP contribution in [0.1, 0.15) is 11.3 Å². The second-order valence-electron chi connectivity index (χ2n) is 3.77. The zero-order valence-electron chi connectivity index (χ0n) is 9.65. The third-order valence-electron chi connectivity index (χ3n) is 2.38. The van der Waals surface area contributed by atoms with Gasteiger partial charge in [0.15, 0.2) is 0 Å². The van der Waals surface area contributed by atoms with Gasteiger partial charge in [-0.2, -0.15) is 0 Å². The number of hydrogen-bond acceptors (Lipinski definition) is 3. The Morgan fingerprint density at radius 1 is 1.28 bits per heavy atom. The van der Waals surface area contributed by atoms with Gasteiger partial charge in [-0.05, 0) is 25.1 Å². The van der Waals surface area contributed by atoms with Crippen molar-refractivity contribution in [1.82, 2.24) is 4.98 Å². The van der Waals surface area contributed by atoms with E-state index in [9.17, 15) is 5.11 Å². The van der Waals surface area contributed by atoms with Crippen molar-refractivity contribution >= 4 is 35.0 Å². The molecule has 0 aliphatic rings. The van der Waals surface area contributed by atoms with E-state index in [2.05, 4.69) is 4.98 Å². The zero-order valence-corrected chi connectivity index (χ0v) is 12.0. The van der Waals surface area contributed by atoms with Gasteiger partial charge in [0.1, 0.15) is 10.9 Å². The summed E-state index contributed by atoms with van der Waals surface area (Å²) < 4.78 is 0. The number of phenols is 1. The van der Waals surface area contributed by atoms with E-state index in [0.29, 0.717) is 15.9 Å². The molecule has 2 rings (SSSR count). The minimum Gasteiger partial charge on any atom is -0.507 e. The lowest BCUT2D eigenvalue weighted by Crippen LogP contribution is -1.91. The number of phenolic OH excluding ortho intramolecular Hbond substituents is 1. The van der Waals surface area contributed by atoms with E-state index in [1.165, 1.54) is 11.8 Å². The largest absolute Gasteiger partial charge is 0.507 e. The molecule has 2 aromatic rings. The molecule has 0 atom stereocenters. The molecule has 0 bridgehead atoms. The Hall–Kier alpha value is -0.900. The van der Waals surface area contributed by atoms with Gasteiger partial charge in [0.2, 0.25) is 0 Å². The first-order chi connectivity index (χ1) is 8.58. The Bertz CT molecular complexity index is 552. The molecule has 1 N–H and O–H groups in total. The maximum Gasteiger partial charge on any atom is 0.134 e. The number of thioether (sulfide) groups is 1. The van der Waals surface area contributed by atoms with Crippen molar-refractivity contribution in [2.45, 2.75) is 17.6 Å². The van der Waals surface area contributed by atoms with E-state index in [-0.39, 0.29) is 5.75 Å². The van der Waals surface area contributed by atoms with Crippen LogP contribution in [-0.4, -0.2) is 10.1 Å². The highest BCUT2D eigenvalue weighted by atomic mass is 35.5. The molecule has 5 heteroatoms. The zero-order chi connectivity index (χ0) is 13.1. The Labute approximate surface area is 120 Å². The van der Waals surface area contributed by atoms with Gasteiger partial charge in [0, 0.05) is 26.9 Å². The molecule has 18 heavy (non-hydrogen) atoms. The number of hydrogen-bond donors (Lipinski definition) is 1. The van der Waals surface area contributed by atoms with Crippen molar-refractivity contribution in [3.63, 3.8) is 0 Å². The quantitative estimate of drug-likeness (QED) is 0.659. The van der Waals surface area contributed by atoms with Gasteiger partial charge >= 0.3 is 0 Å². The van der Waals surface area contributed by atoms with E-state index in [1.807, 2.05) is 19.1 Å². The SMILES string of the molecule is Cc1cc(Cl)c(CSc2ccccc2O)c(Cl)n1. The fourth-order valence-electron chi connectivity index (χ4n) is 1.48. The van der Waals surface area contributed by atoms with Crippen LogP contribution in [0, 0.1) is 6.92 Å². The molecule has 94 valence electrons. The summed E-state index contributed by atoms with van der Waals surface area (Å²) in [5, 5.41) is 10.7. The van der Waals surface area contributed by atoms with E-state index >= 15 is 0 Å². The maximum atomic E-state index is 9.67. The predicted octanol–water partition coefficient (Wildman–Crippen LogP) is 4.69. The van der Waals surface area contributed by atoms with E-state index in [1.54, 1.807) is 18.2 Å². The molecule has 2 nitrogen and oxygen atoms in total. The van der Waals surface area contributed by atoms with Crippen molar-refractivity contribution in [3.05, 3.63) is 51.8 Å². The van der Waals surface area contributed by atoms with Gasteiger partial charge in [-0.1, -0.05) is 35.3 Å². The smallest absolute Gasteiger partial charge is 0.134 e. The van der Waals surface area contributed by atoms with Crippen LogP contribution >= 0.6 is 35.0 Å². The van der Waals surface area contributed by atoms with E-state index in [4.69, 9.17) is 23.2 Å². The second-order valence-corrected chi connectivity index (χ2v) is 5.55. The molecular formula is C13H11Cl2NOS. The standard InChI is InChI=1S/C13H11Cl2NOS/c1-8-6-10(14)9(13(15)16-8)7-18-12-5-3-2-4-11(12)17/h2-6,17H,7H2,1H3. The highest BCUT2D eigenvalue weighted by Crippen LogP contribution is 2.34. The number of halogens is 2. The molecule has 1 aromatic heterocycles. The number of nitrogens with zero attached hydrogens (tertiary/aromatic N) is 1. The summed E-state index contributed by atoms with van der Waals surface area (Å²) in [6.07, 6.45) is 0. The van der Waals surface area contributed by atoms with Crippen LogP contribution in [0.3, 0.4) is 0 Å². The molecule has 0 spiro atoms. The molecule has 0 amide bonds. The summed E-state index contributed by atoms with van der Waals surface area (Å²) in [6, 6.07) is 8.95. The second kappa shape index (κ2) is 5.83. The number of rotatable bonds is 3. The lowest BCUT2D eigenvalue weighted by atomic mass is 10.3. The lowest BCUT2D eigenvalue weighted by Gasteiger charge is -2.08. The molecule has 1 aromatic carbocycles. The Morgan fingerprint density at radius 3 is 2.67 bits per heavy atom. The molecule has 0 saturated carbocycles. The van der Waals surface area contributed by atoms with Crippen LogP contribution in [0.15, 0.2) is 35.2 Å². The first kappa shape index (κ1) is 13.5. The number of aryl methyl sites for hydroxylation is 1. The van der Waals surface area contributed by atoms with Crippen LogP contribution < -0.4 is 0 Å². The Kier molecular flexibility index (Phi) is 4.38. The van der Waals surface area contributed by atoms with Gasteiger partial charge in [0.05, 0.1) is 0 Å². The number of pyridine rings is 1. The number of benzene rings is 1. The molecule has 0 aliphatic heterocycles. The van der Waals surface area contributed by atoms with Crippen LogP contribution in [0.2, 0.25) is 10.2 Å². The fourth-order valence-corrected chi connectivity index (χ4v) is 3.29. The molecule has 0 saturated heterocycles. The number of aromatic nitrogens is 1. The molecule has 0 unspecified atom stereocenters. The highest BCUT2D eigenvalue weighted by molar-refractivity contribution is 7.98. The molecule has 1 heterocycles. The highest BCUT2D eigenvalue weighted by Gasteiger charge is 2.10. The molecule has 0 aliphatic carbocycles. The summed E-state index contributed by atoms with van der Waals surface area (Å²) in [5.74, 6) is 0.831. The number of aromatic hydroxyl groups is 1. The van der Waals surface area contributed by atoms with Crippen molar-refractivity contribution in [3.8, 4) is 5.75 Å². The minimum atomic E-state index is 0.259. The third-order valence-corrected chi connectivity index (χ3v) is 4.12. The van der Waals surface area contributed by atoms with Gasteiger partial charge < -0.3 is 5.11 Å². The molecule has 0 radical (unpaired) electrons. The topological polar surface area (TPSA) is 33.1 Å². The van der Waals surface area contributed by atoms with Gasteiger partial charge in [-0.25, -0.2) is 4.98 Å². The normalized spacial score (nSPS) is 10.6. The van der Waals surface area contributed by atoms with Gasteiger partial charge in [0.25, 0.3) is 0 Å². The lowest BCUT2D eigenvalue weighted by molar-refractivity contribution is 0.462. The molecular weight excluding hydrogens is 289 g/mol. The molecule has 0 fully saturated rings. The first-order valence-corrected chi connectivity index (χ1v) is 7.04. The Morgan fingerprint density at radius 2 is 2.00 bits per heavy atom. The minimum absolute atomic E-state index is 0.259. The van der Waals surface area contributed by atoms with E-state index < -0.39 is 0 Å².